The van der Waals surface area contributed by atoms with E-state index in [1.54, 1.807) is 48.5 Å². The minimum Gasteiger partial charge on any atom is -0.508 e. The van der Waals surface area contributed by atoms with Crippen molar-refractivity contribution in [2.45, 2.75) is 60.1 Å². The van der Waals surface area contributed by atoms with E-state index in [4.69, 9.17) is 33.2 Å². The summed E-state index contributed by atoms with van der Waals surface area (Å²) in [5, 5.41) is 70.4. The number of phenolic OH excluding ortho intramolecular Hbond substituents is 7. The van der Waals surface area contributed by atoms with Crippen LogP contribution < -0.4 is 33.2 Å². The molecule has 8 aromatic carbocycles. The zero-order valence-electron chi connectivity index (χ0n) is 38.9. The summed E-state index contributed by atoms with van der Waals surface area (Å²) in [6.45, 7) is 4.41. The summed E-state index contributed by atoms with van der Waals surface area (Å²) < 4.78 is 43.6. The van der Waals surface area contributed by atoms with Crippen LogP contribution in [0.15, 0.2) is 152 Å². The summed E-state index contributed by atoms with van der Waals surface area (Å²) in [6, 6.07) is 41.6. The van der Waals surface area contributed by atoms with Gasteiger partial charge in [-0.3, -0.25) is 0 Å². The van der Waals surface area contributed by atoms with Crippen LogP contribution in [-0.2, 0) is 46.2 Å². The highest BCUT2D eigenvalue weighted by atomic mass is 16.5. The summed E-state index contributed by atoms with van der Waals surface area (Å²) in [6.07, 6.45) is 0. The lowest BCUT2D eigenvalue weighted by molar-refractivity contribution is 0.272. The van der Waals surface area contributed by atoms with Crippen molar-refractivity contribution in [1.29, 1.82) is 0 Å². The number of hydrogen-bond donors (Lipinski definition) is 7. The summed E-state index contributed by atoms with van der Waals surface area (Å²) in [5.41, 5.74) is 6.45. The third kappa shape index (κ3) is 14.7. The van der Waals surface area contributed by atoms with E-state index in [0.717, 1.165) is 22.3 Å². The fourth-order valence-electron chi connectivity index (χ4n) is 7.59. The molecule has 0 aliphatic heterocycles. The molecular formula is C57H52O14. The molecule has 8 aromatic rings. The molecule has 8 rings (SSSR count). The number of aromatic hydroxyl groups is 7. The van der Waals surface area contributed by atoms with Gasteiger partial charge < -0.3 is 68.9 Å². The first-order valence-corrected chi connectivity index (χ1v) is 22.4. The molecule has 71 heavy (non-hydrogen) atoms. The van der Waals surface area contributed by atoms with Crippen molar-refractivity contribution in [2.24, 2.45) is 0 Å². The Labute approximate surface area is 409 Å². The van der Waals surface area contributed by atoms with Crippen molar-refractivity contribution in [3.8, 4) is 80.5 Å². The third-order valence-electron chi connectivity index (χ3n) is 10.7. The zero-order valence-corrected chi connectivity index (χ0v) is 38.9. The lowest BCUT2D eigenvalue weighted by Gasteiger charge is -2.16. The van der Waals surface area contributed by atoms with Crippen molar-refractivity contribution < 1.29 is 68.9 Å². The van der Waals surface area contributed by atoms with Crippen molar-refractivity contribution in [3.63, 3.8) is 0 Å². The van der Waals surface area contributed by atoms with Crippen molar-refractivity contribution in [3.05, 3.63) is 202 Å². The van der Waals surface area contributed by atoms with Gasteiger partial charge in [0.05, 0.1) is 0 Å². The second kappa shape index (κ2) is 22.4. The molecule has 14 nitrogen and oxygen atoms in total. The van der Waals surface area contributed by atoms with E-state index < -0.39 is 0 Å². The highest BCUT2D eigenvalue weighted by molar-refractivity contribution is 5.45. The van der Waals surface area contributed by atoms with Gasteiger partial charge in [-0.15, -0.1) is 0 Å². The van der Waals surface area contributed by atoms with E-state index in [0.29, 0.717) is 68.1 Å². The van der Waals surface area contributed by atoms with E-state index in [-0.39, 0.29) is 86.5 Å². The highest BCUT2D eigenvalue weighted by Gasteiger charge is 2.13. The van der Waals surface area contributed by atoms with Crippen LogP contribution in [0.2, 0.25) is 0 Å². The topological polar surface area (TPSA) is 206 Å². The van der Waals surface area contributed by atoms with Gasteiger partial charge >= 0.3 is 0 Å². The average Bonchev–Trinajstić information content (AvgIpc) is 3.31. The molecule has 0 fully saturated rings. The molecule has 0 amide bonds. The van der Waals surface area contributed by atoms with Crippen LogP contribution in [0, 0.1) is 13.8 Å². The fraction of sp³-hybridized carbons (Fsp3) is 0.158. The van der Waals surface area contributed by atoms with Crippen LogP contribution in [0.25, 0.3) is 0 Å². The lowest BCUT2D eigenvalue weighted by atomic mass is 10.1. The zero-order chi connectivity index (χ0) is 49.9. The van der Waals surface area contributed by atoms with Crippen molar-refractivity contribution >= 4 is 0 Å². The van der Waals surface area contributed by atoms with Crippen molar-refractivity contribution in [2.75, 3.05) is 0 Å². The third-order valence-corrected chi connectivity index (χ3v) is 10.7. The predicted octanol–water partition coefficient (Wildman–Crippen LogP) is 11.3. The number of hydrogen-bond acceptors (Lipinski definition) is 14. The smallest absolute Gasteiger partial charge is 0.123 e. The lowest BCUT2D eigenvalue weighted by Crippen LogP contribution is -2.04. The van der Waals surface area contributed by atoms with E-state index >= 15 is 0 Å². The van der Waals surface area contributed by atoms with Crippen LogP contribution in [0.5, 0.6) is 80.5 Å². The van der Waals surface area contributed by atoms with Gasteiger partial charge in [0, 0.05) is 36.4 Å². The fourth-order valence-corrected chi connectivity index (χ4v) is 7.59. The van der Waals surface area contributed by atoms with Gasteiger partial charge in [0.15, 0.2) is 0 Å². The minimum atomic E-state index is -0.110. The number of phenols is 7. The van der Waals surface area contributed by atoms with Gasteiger partial charge in [0.2, 0.25) is 0 Å². The second-order valence-corrected chi connectivity index (χ2v) is 17.0. The summed E-state index contributed by atoms with van der Waals surface area (Å²) in [5.74, 6) is 2.82. The molecule has 0 aromatic heterocycles. The van der Waals surface area contributed by atoms with E-state index in [2.05, 4.69) is 0 Å². The van der Waals surface area contributed by atoms with Gasteiger partial charge in [-0.05, 0) is 155 Å². The molecular weight excluding hydrogens is 909 g/mol. The molecule has 0 saturated heterocycles. The molecule has 0 saturated carbocycles. The van der Waals surface area contributed by atoms with Crippen LogP contribution in [0.1, 0.15) is 50.1 Å². The first kappa shape index (κ1) is 48.4. The average molecular weight is 961 g/mol. The molecule has 0 heterocycles. The Balaban J connectivity index is 1.04. The summed E-state index contributed by atoms with van der Waals surface area (Å²) >= 11 is 0. The monoisotopic (exact) mass is 960 g/mol. The van der Waals surface area contributed by atoms with Gasteiger partial charge in [-0.25, -0.2) is 0 Å². The Morgan fingerprint density at radius 1 is 0.225 bits per heavy atom. The SMILES string of the molecule is Cc1ccc(OCc2cc(OCc3cc(OCc4cc(C)cc(O)c4)cc(OCc4cc(O)cc(O)c4)c3)cc(OCc3cc(OCc4cc(O)cc(O)c4)cc(OCc4cc(O)cc(O)c4)c3)c2)cc1. The molecule has 0 aliphatic carbocycles. The molecule has 0 atom stereocenters. The number of aryl methyl sites for hydroxylation is 2. The Bertz CT molecular complexity index is 2700. The Hall–Kier alpha value is -9.04. The molecule has 364 valence electrons. The maximum Gasteiger partial charge on any atom is 0.123 e. The van der Waals surface area contributed by atoms with Crippen LogP contribution in [0.4, 0.5) is 0 Å². The minimum absolute atomic E-state index is 0.0118. The van der Waals surface area contributed by atoms with Crippen molar-refractivity contribution in [1.82, 2.24) is 0 Å². The predicted molar refractivity (Wildman–Crippen MR) is 263 cm³/mol. The summed E-state index contributed by atoms with van der Waals surface area (Å²) in [4.78, 5) is 0. The molecule has 7 N–H and O–H groups in total. The molecule has 0 bridgehead atoms. The first-order valence-electron chi connectivity index (χ1n) is 22.4. The van der Waals surface area contributed by atoms with Gasteiger partial charge in [-0.2, -0.15) is 0 Å². The second-order valence-electron chi connectivity index (χ2n) is 17.0. The van der Waals surface area contributed by atoms with Gasteiger partial charge in [0.25, 0.3) is 0 Å². The quantitative estimate of drug-likeness (QED) is 0.0358. The molecule has 0 aliphatic rings. The molecule has 0 unspecified atom stereocenters. The first-order chi connectivity index (χ1) is 34.2. The van der Waals surface area contributed by atoms with Gasteiger partial charge in [0.1, 0.15) is 127 Å². The standard InChI is InChI=1S/C57H52O14/c1-35-3-5-51(6-4-35)65-32-41-16-56(70-33-42-18-52(66-28-37-7-36(2)8-44(58)9-37)25-53(19-42)67-29-38-10-45(59)22-46(60)11-38)27-57(17-41)71-34-43-20-54(68-30-39-12-47(61)23-48(62)13-39)26-55(21-43)69-31-40-14-49(63)24-50(64)15-40/h3-27,58-64H,28-34H2,1-2H3. The number of ether oxygens (including phenoxy) is 7. The van der Waals surface area contributed by atoms with Crippen LogP contribution >= 0.6 is 0 Å². The Kier molecular flexibility index (Phi) is 15.3. The van der Waals surface area contributed by atoms with E-state index in [1.165, 1.54) is 54.6 Å². The van der Waals surface area contributed by atoms with Gasteiger partial charge in [-0.1, -0.05) is 23.8 Å². The largest absolute Gasteiger partial charge is 0.508 e. The number of benzene rings is 8. The summed E-state index contributed by atoms with van der Waals surface area (Å²) in [7, 11) is 0. The van der Waals surface area contributed by atoms with Crippen LogP contribution in [-0.4, -0.2) is 35.7 Å². The molecule has 0 radical (unpaired) electrons. The van der Waals surface area contributed by atoms with E-state index in [1.807, 2.05) is 62.4 Å². The highest BCUT2D eigenvalue weighted by Crippen LogP contribution is 2.33. The Morgan fingerprint density at radius 3 is 0.718 bits per heavy atom. The maximum absolute atomic E-state index is 10.2. The number of rotatable bonds is 21. The van der Waals surface area contributed by atoms with Crippen LogP contribution in [0.3, 0.4) is 0 Å². The van der Waals surface area contributed by atoms with E-state index in [9.17, 15) is 35.7 Å². The molecule has 0 spiro atoms. The maximum atomic E-state index is 10.2. The Morgan fingerprint density at radius 2 is 0.451 bits per heavy atom. The molecule has 14 heteroatoms. The normalized spacial score (nSPS) is 10.9.